The molecule has 1 aliphatic heterocycles. The first-order chi connectivity index (χ1) is 13.7. The Bertz CT molecular complexity index is 765. The average molecular weight is 510 g/mol. The third-order valence-electron chi connectivity index (χ3n) is 5.32. The van der Waals surface area contributed by atoms with Crippen LogP contribution in [0.3, 0.4) is 0 Å². The minimum Gasteiger partial charge on any atom is -0.354 e. The number of halogens is 1. The number of benzene rings is 1. The van der Waals surface area contributed by atoms with Gasteiger partial charge in [0.05, 0.1) is 18.9 Å². The predicted octanol–water partition coefficient (Wildman–Crippen LogP) is 2.32. The summed E-state index contributed by atoms with van der Waals surface area (Å²) in [5.74, 6) is 1.33. The summed E-state index contributed by atoms with van der Waals surface area (Å²) in [7, 11) is 1.76. The molecule has 0 aliphatic carbocycles. The van der Waals surface area contributed by atoms with Gasteiger partial charge in [0.25, 0.3) is 0 Å². The van der Waals surface area contributed by atoms with Crippen molar-refractivity contribution in [1.82, 2.24) is 25.1 Å². The second-order valence-electron chi connectivity index (χ2n) is 7.28. The van der Waals surface area contributed by atoms with Gasteiger partial charge in [-0.2, -0.15) is 0 Å². The molecule has 1 aliphatic rings. The van der Waals surface area contributed by atoms with Crippen LogP contribution in [-0.2, 0) is 11.2 Å². The van der Waals surface area contributed by atoms with Crippen molar-refractivity contribution in [2.24, 2.45) is 10.9 Å². The molecule has 1 aromatic carbocycles. The summed E-state index contributed by atoms with van der Waals surface area (Å²) in [4.78, 5) is 23.0. The zero-order chi connectivity index (χ0) is 19.8. The maximum absolute atomic E-state index is 12.2. The molecule has 1 amide bonds. The monoisotopic (exact) mass is 510 g/mol. The van der Waals surface area contributed by atoms with E-state index in [1.165, 1.54) is 5.56 Å². The molecule has 2 atom stereocenters. The van der Waals surface area contributed by atoms with Crippen LogP contribution in [0, 0.1) is 5.92 Å². The van der Waals surface area contributed by atoms with Crippen molar-refractivity contribution in [2.45, 2.75) is 25.8 Å². The van der Waals surface area contributed by atoms with Gasteiger partial charge in [0, 0.05) is 39.1 Å². The van der Waals surface area contributed by atoms with Crippen LogP contribution in [0.2, 0.25) is 0 Å². The van der Waals surface area contributed by atoms with E-state index in [0.29, 0.717) is 18.5 Å². The number of carbonyl (C=O) groups excluding carboxylic acids is 1. The Kier molecular flexibility index (Phi) is 9.43. The molecular weight excluding hydrogens is 479 g/mol. The van der Waals surface area contributed by atoms with E-state index in [-0.39, 0.29) is 36.4 Å². The molecule has 1 saturated heterocycles. The van der Waals surface area contributed by atoms with Crippen LogP contribution in [-0.4, -0.2) is 59.5 Å². The lowest BCUT2D eigenvalue weighted by Gasteiger charge is -2.39. The van der Waals surface area contributed by atoms with Crippen molar-refractivity contribution < 1.29 is 4.79 Å². The number of hydrogen-bond donors (Lipinski definition) is 2. The second-order valence-corrected chi connectivity index (χ2v) is 7.28. The van der Waals surface area contributed by atoms with Gasteiger partial charge in [-0.05, 0) is 24.3 Å². The molecule has 1 aromatic heterocycles. The van der Waals surface area contributed by atoms with E-state index < -0.39 is 0 Å². The van der Waals surface area contributed by atoms with E-state index in [9.17, 15) is 4.79 Å². The molecule has 7 nitrogen and oxygen atoms in total. The van der Waals surface area contributed by atoms with E-state index in [1.54, 1.807) is 7.05 Å². The Morgan fingerprint density at radius 1 is 1.28 bits per heavy atom. The van der Waals surface area contributed by atoms with Crippen molar-refractivity contribution in [2.75, 3.05) is 33.2 Å². The summed E-state index contributed by atoms with van der Waals surface area (Å²) >= 11 is 0. The fraction of sp³-hybridized carbons (Fsp3) is 0.476. The highest BCUT2D eigenvalue weighted by Crippen LogP contribution is 2.27. The Morgan fingerprint density at radius 2 is 2.07 bits per heavy atom. The number of rotatable bonds is 6. The summed E-state index contributed by atoms with van der Waals surface area (Å²) in [6.45, 7) is 4.92. The van der Waals surface area contributed by atoms with Crippen LogP contribution in [0.4, 0.5) is 0 Å². The normalized spacial score (nSPS) is 19.4. The molecule has 0 bridgehead atoms. The molecule has 2 heterocycles. The number of piperidine rings is 1. The number of aliphatic imine (C=N–C) groups is 1. The number of likely N-dealkylation sites (tertiary alicyclic amines) is 1. The van der Waals surface area contributed by atoms with Gasteiger partial charge >= 0.3 is 0 Å². The Labute approximate surface area is 190 Å². The fourth-order valence-corrected chi connectivity index (χ4v) is 3.64. The minimum atomic E-state index is -0.0198. The molecule has 2 unspecified atom stereocenters. The molecule has 0 radical (unpaired) electrons. The molecule has 2 aromatic rings. The number of carbonyl (C=O) groups is 1. The number of guanidine groups is 1. The molecule has 8 heteroatoms. The van der Waals surface area contributed by atoms with E-state index in [4.69, 9.17) is 0 Å². The first-order valence-electron chi connectivity index (χ1n) is 9.91. The van der Waals surface area contributed by atoms with Crippen LogP contribution < -0.4 is 10.6 Å². The van der Waals surface area contributed by atoms with Crippen molar-refractivity contribution >= 4 is 35.8 Å². The SMILES string of the molecule is CN=C(NCC(=O)NCCc1ccccc1)N1CCC(C)C(n2ccnc2)C1.I. The Hall–Kier alpha value is -2.10. The smallest absolute Gasteiger partial charge is 0.239 e. The Balaban J connectivity index is 0.00000300. The minimum absolute atomic E-state index is 0. The fourth-order valence-electron chi connectivity index (χ4n) is 3.64. The molecule has 1 fully saturated rings. The van der Waals surface area contributed by atoms with E-state index >= 15 is 0 Å². The average Bonchev–Trinajstić information content (AvgIpc) is 3.25. The Morgan fingerprint density at radius 3 is 2.76 bits per heavy atom. The topological polar surface area (TPSA) is 74.6 Å². The largest absolute Gasteiger partial charge is 0.354 e. The predicted molar refractivity (Wildman–Crippen MR) is 127 cm³/mol. The van der Waals surface area contributed by atoms with Gasteiger partial charge < -0.3 is 20.1 Å². The van der Waals surface area contributed by atoms with Crippen LogP contribution in [0.15, 0.2) is 54.0 Å². The lowest BCUT2D eigenvalue weighted by Crippen LogP contribution is -2.50. The lowest BCUT2D eigenvalue weighted by molar-refractivity contribution is -0.120. The van der Waals surface area contributed by atoms with E-state index in [0.717, 1.165) is 31.9 Å². The summed E-state index contributed by atoms with van der Waals surface area (Å²) in [6.07, 6.45) is 7.62. The van der Waals surface area contributed by atoms with Gasteiger partial charge in [-0.3, -0.25) is 9.79 Å². The highest BCUT2D eigenvalue weighted by atomic mass is 127. The third kappa shape index (κ3) is 6.73. The molecule has 158 valence electrons. The van der Waals surface area contributed by atoms with Crippen molar-refractivity contribution in [1.29, 1.82) is 0 Å². The summed E-state index contributed by atoms with van der Waals surface area (Å²) in [6, 6.07) is 10.5. The quantitative estimate of drug-likeness (QED) is 0.356. The molecule has 3 rings (SSSR count). The molecule has 0 saturated carbocycles. The van der Waals surface area contributed by atoms with Gasteiger partial charge in [0.15, 0.2) is 5.96 Å². The first kappa shape index (κ1) is 23.2. The maximum Gasteiger partial charge on any atom is 0.239 e. The zero-order valence-electron chi connectivity index (χ0n) is 17.1. The van der Waals surface area contributed by atoms with Crippen LogP contribution in [0.1, 0.15) is 24.9 Å². The van der Waals surface area contributed by atoms with Gasteiger partial charge in [0.1, 0.15) is 0 Å². The highest BCUT2D eigenvalue weighted by Gasteiger charge is 2.28. The van der Waals surface area contributed by atoms with Gasteiger partial charge in [0.2, 0.25) is 5.91 Å². The molecule has 29 heavy (non-hydrogen) atoms. The number of nitrogens with zero attached hydrogens (tertiary/aromatic N) is 4. The van der Waals surface area contributed by atoms with Crippen LogP contribution in [0.25, 0.3) is 0 Å². The number of aromatic nitrogens is 2. The second kappa shape index (κ2) is 11.8. The molecular formula is C21H31IN6O. The molecule has 0 spiro atoms. The third-order valence-corrected chi connectivity index (χ3v) is 5.32. The number of nitrogens with one attached hydrogen (secondary N) is 2. The van der Waals surface area contributed by atoms with Crippen LogP contribution in [0.5, 0.6) is 0 Å². The lowest BCUT2D eigenvalue weighted by atomic mass is 9.93. The zero-order valence-corrected chi connectivity index (χ0v) is 19.5. The van der Waals surface area contributed by atoms with Crippen molar-refractivity contribution in [3.8, 4) is 0 Å². The number of hydrogen-bond acceptors (Lipinski definition) is 3. The van der Waals surface area contributed by atoms with Crippen LogP contribution >= 0.6 is 24.0 Å². The summed E-state index contributed by atoms with van der Waals surface area (Å²) in [5, 5.41) is 6.17. The number of amides is 1. The molecule has 2 N–H and O–H groups in total. The van der Waals surface area contributed by atoms with Crippen molar-refractivity contribution in [3.05, 3.63) is 54.6 Å². The van der Waals surface area contributed by atoms with Gasteiger partial charge in [-0.1, -0.05) is 37.3 Å². The van der Waals surface area contributed by atoms with Crippen molar-refractivity contribution in [3.63, 3.8) is 0 Å². The van der Waals surface area contributed by atoms with E-state index in [2.05, 4.69) is 49.1 Å². The standard InChI is InChI=1S/C21H30N6O.HI/c1-17-9-12-26(15-19(17)27-13-11-23-16-27)21(22-2)25-14-20(28)24-10-8-18-6-4-3-5-7-18;/h3-7,11,13,16-17,19H,8-10,12,14-15H2,1-2H3,(H,22,25)(H,24,28);1H. The van der Waals surface area contributed by atoms with Gasteiger partial charge in [-0.15, -0.1) is 24.0 Å². The summed E-state index contributed by atoms with van der Waals surface area (Å²) in [5.41, 5.74) is 1.22. The van der Waals surface area contributed by atoms with Gasteiger partial charge in [-0.25, -0.2) is 4.98 Å². The summed E-state index contributed by atoms with van der Waals surface area (Å²) < 4.78 is 2.17. The first-order valence-corrected chi connectivity index (χ1v) is 9.91. The maximum atomic E-state index is 12.2. The van der Waals surface area contributed by atoms with E-state index in [1.807, 2.05) is 36.9 Å². The highest BCUT2D eigenvalue weighted by molar-refractivity contribution is 14.0. The number of imidazole rings is 1.